The van der Waals surface area contributed by atoms with Crippen LogP contribution in [0.3, 0.4) is 0 Å². The van der Waals surface area contributed by atoms with Crippen LogP contribution in [0.25, 0.3) is 0 Å². The average molecular weight is 390 g/mol. The van der Waals surface area contributed by atoms with Gasteiger partial charge in [0.15, 0.2) is 0 Å². The Labute approximate surface area is 135 Å². The highest BCUT2D eigenvalue weighted by molar-refractivity contribution is 9.11. The van der Waals surface area contributed by atoms with Crippen LogP contribution in [0.4, 0.5) is 5.69 Å². The number of sulfonamides is 1. The fourth-order valence-corrected chi connectivity index (χ4v) is 5.13. The molecule has 2 rings (SSSR count). The Morgan fingerprint density at radius 2 is 1.90 bits per heavy atom. The van der Waals surface area contributed by atoms with Crippen molar-refractivity contribution in [1.29, 1.82) is 0 Å². The summed E-state index contributed by atoms with van der Waals surface area (Å²) < 4.78 is 31.8. The van der Waals surface area contributed by atoms with Crippen LogP contribution in [0.1, 0.15) is 10.4 Å². The number of nitrogens with zero attached hydrogens (tertiary/aromatic N) is 1. The molecule has 0 aliphatic carbocycles. The molecule has 0 amide bonds. The van der Waals surface area contributed by atoms with Crippen LogP contribution in [0.5, 0.6) is 0 Å². The number of carbonyl (C=O) groups is 1. The molecule has 1 heterocycles. The maximum Gasteiger partial charge on any atom is 0.340 e. The first-order valence-electron chi connectivity index (χ1n) is 5.79. The highest BCUT2D eigenvalue weighted by atomic mass is 79.9. The van der Waals surface area contributed by atoms with Crippen LogP contribution in [-0.2, 0) is 14.8 Å². The van der Waals surface area contributed by atoms with E-state index in [-0.39, 0.29) is 15.5 Å². The molecule has 0 bridgehead atoms. The fraction of sp³-hybridized carbons (Fsp3) is 0.154. The van der Waals surface area contributed by atoms with Crippen LogP contribution < -0.4 is 4.31 Å². The Balaban J connectivity index is 2.50. The number of rotatable bonds is 4. The molecule has 0 aliphatic rings. The van der Waals surface area contributed by atoms with Crippen molar-refractivity contribution in [3.05, 3.63) is 45.7 Å². The van der Waals surface area contributed by atoms with Gasteiger partial charge in [0.1, 0.15) is 4.21 Å². The highest BCUT2D eigenvalue weighted by Gasteiger charge is 2.26. The van der Waals surface area contributed by atoms with E-state index in [1.165, 1.54) is 26.3 Å². The number of ether oxygens (including phenoxy) is 1. The SMILES string of the molecule is COC(=O)c1ccccc1N(C)S(=O)(=O)c1ccc(Br)s1. The maximum absolute atomic E-state index is 12.6. The molecule has 0 saturated heterocycles. The first-order valence-corrected chi connectivity index (χ1v) is 8.84. The summed E-state index contributed by atoms with van der Waals surface area (Å²) in [6.07, 6.45) is 0. The molecule has 112 valence electrons. The van der Waals surface area contributed by atoms with Gasteiger partial charge in [0.25, 0.3) is 10.0 Å². The number of methoxy groups -OCH3 is 1. The van der Waals surface area contributed by atoms with Gasteiger partial charge in [0.2, 0.25) is 0 Å². The lowest BCUT2D eigenvalue weighted by molar-refractivity contribution is 0.0601. The van der Waals surface area contributed by atoms with Crippen molar-refractivity contribution in [3.8, 4) is 0 Å². The quantitative estimate of drug-likeness (QED) is 0.753. The van der Waals surface area contributed by atoms with E-state index < -0.39 is 16.0 Å². The number of hydrogen-bond donors (Lipinski definition) is 0. The maximum atomic E-state index is 12.6. The highest BCUT2D eigenvalue weighted by Crippen LogP contribution is 2.31. The largest absolute Gasteiger partial charge is 0.465 e. The third-order valence-electron chi connectivity index (χ3n) is 2.81. The summed E-state index contributed by atoms with van der Waals surface area (Å²) in [5.74, 6) is -0.583. The van der Waals surface area contributed by atoms with Crippen molar-refractivity contribution < 1.29 is 17.9 Å². The lowest BCUT2D eigenvalue weighted by Crippen LogP contribution is -2.27. The summed E-state index contributed by atoms with van der Waals surface area (Å²) in [4.78, 5) is 11.8. The third kappa shape index (κ3) is 3.12. The van der Waals surface area contributed by atoms with Gasteiger partial charge < -0.3 is 4.74 Å². The second-order valence-corrected chi connectivity index (χ2v) is 8.70. The van der Waals surface area contributed by atoms with E-state index in [0.29, 0.717) is 0 Å². The van der Waals surface area contributed by atoms with Crippen LogP contribution >= 0.6 is 27.3 Å². The summed E-state index contributed by atoms with van der Waals surface area (Å²) in [6, 6.07) is 9.58. The van der Waals surface area contributed by atoms with E-state index in [1.54, 1.807) is 24.3 Å². The van der Waals surface area contributed by atoms with Crippen molar-refractivity contribution in [2.75, 3.05) is 18.5 Å². The molecular formula is C13H12BrNO4S2. The smallest absolute Gasteiger partial charge is 0.340 e. The van der Waals surface area contributed by atoms with Crippen molar-refractivity contribution in [2.24, 2.45) is 0 Å². The van der Waals surface area contributed by atoms with Crippen LogP contribution in [0.2, 0.25) is 0 Å². The molecule has 8 heteroatoms. The van der Waals surface area contributed by atoms with Gasteiger partial charge in [-0.25, -0.2) is 13.2 Å². The van der Waals surface area contributed by atoms with Crippen LogP contribution in [0.15, 0.2) is 44.4 Å². The molecule has 21 heavy (non-hydrogen) atoms. The van der Waals surface area contributed by atoms with E-state index >= 15 is 0 Å². The van der Waals surface area contributed by atoms with Gasteiger partial charge in [-0.3, -0.25) is 4.31 Å². The molecular weight excluding hydrogens is 378 g/mol. The fourth-order valence-electron chi connectivity index (χ4n) is 1.73. The van der Waals surface area contributed by atoms with Gasteiger partial charge in [-0.15, -0.1) is 11.3 Å². The lowest BCUT2D eigenvalue weighted by Gasteiger charge is -2.20. The second-order valence-electron chi connectivity index (χ2n) is 4.04. The first kappa shape index (κ1) is 16.0. The van der Waals surface area contributed by atoms with E-state index in [9.17, 15) is 13.2 Å². The normalized spacial score (nSPS) is 11.2. The van der Waals surface area contributed by atoms with E-state index in [4.69, 9.17) is 0 Å². The predicted octanol–water partition coefficient (Wildman–Crippen LogP) is 3.12. The number of hydrogen-bond acceptors (Lipinski definition) is 5. The summed E-state index contributed by atoms with van der Waals surface area (Å²) in [7, 11) is -1.06. The van der Waals surface area contributed by atoms with E-state index in [0.717, 1.165) is 19.4 Å². The zero-order chi connectivity index (χ0) is 15.6. The zero-order valence-electron chi connectivity index (χ0n) is 11.2. The molecule has 1 aromatic heterocycles. The number of para-hydroxylation sites is 1. The predicted molar refractivity (Wildman–Crippen MR) is 85.4 cm³/mol. The van der Waals surface area contributed by atoms with Gasteiger partial charge in [0, 0.05) is 7.05 Å². The van der Waals surface area contributed by atoms with Gasteiger partial charge in [0.05, 0.1) is 22.1 Å². The van der Waals surface area contributed by atoms with Gasteiger partial charge in [-0.1, -0.05) is 12.1 Å². The number of halogens is 1. The van der Waals surface area contributed by atoms with Crippen LogP contribution in [0, 0.1) is 0 Å². The molecule has 0 spiro atoms. The van der Waals surface area contributed by atoms with Gasteiger partial charge in [-0.2, -0.15) is 0 Å². The number of carbonyl (C=O) groups excluding carboxylic acids is 1. The molecule has 1 aromatic carbocycles. The molecule has 0 atom stereocenters. The minimum absolute atomic E-state index is 0.191. The Kier molecular flexibility index (Phi) is 4.70. The number of benzene rings is 1. The average Bonchev–Trinajstić information content (AvgIpc) is 2.93. The Bertz CT molecular complexity index is 770. The van der Waals surface area contributed by atoms with E-state index in [2.05, 4.69) is 20.7 Å². The summed E-state index contributed by atoms with van der Waals surface area (Å²) in [6.45, 7) is 0. The topological polar surface area (TPSA) is 63.7 Å². The van der Waals surface area contributed by atoms with Crippen molar-refractivity contribution in [3.63, 3.8) is 0 Å². The monoisotopic (exact) mass is 389 g/mol. The zero-order valence-corrected chi connectivity index (χ0v) is 14.5. The first-order chi connectivity index (χ1) is 9.87. The summed E-state index contributed by atoms with van der Waals surface area (Å²) >= 11 is 4.35. The molecule has 2 aromatic rings. The molecule has 0 radical (unpaired) electrons. The van der Waals surface area contributed by atoms with Crippen molar-refractivity contribution in [2.45, 2.75) is 4.21 Å². The van der Waals surface area contributed by atoms with Crippen molar-refractivity contribution in [1.82, 2.24) is 0 Å². The molecule has 0 saturated carbocycles. The number of thiophene rings is 1. The Morgan fingerprint density at radius 1 is 1.24 bits per heavy atom. The molecule has 0 aliphatic heterocycles. The minimum atomic E-state index is -3.72. The standard InChI is InChI=1S/C13H12BrNO4S2/c1-15(21(17,18)12-8-7-11(14)20-12)10-6-4-3-5-9(10)13(16)19-2/h3-8H,1-2H3. The third-order valence-corrected chi connectivity index (χ3v) is 6.67. The summed E-state index contributed by atoms with van der Waals surface area (Å²) in [5, 5.41) is 0. The second kappa shape index (κ2) is 6.17. The molecule has 0 unspecified atom stereocenters. The van der Waals surface area contributed by atoms with Gasteiger partial charge in [-0.05, 0) is 40.2 Å². The Hall–Kier alpha value is -1.38. The number of anilines is 1. The van der Waals surface area contributed by atoms with E-state index in [1.807, 2.05) is 0 Å². The van der Waals surface area contributed by atoms with Crippen molar-refractivity contribution >= 4 is 48.9 Å². The minimum Gasteiger partial charge on any atom is -0.465 e. The van der Waals surface area contributed by atoms with Gasteiger partial charge >= 0.3 is 5.97 Å². The van der Waals surface area contributed by atoms with Crippen LogP contribution in [-0.4, -0.2) is 28.5 Å². The Morgan fingerprint density at radius 3 is 2.48 bits per heavy atom. The molecule has 0 N–H and O–H groups in total. The summed E-state index contributed by atoms with van der Waals surface area (Å²) in [5.41, 5.74) is 0.468. The molecule has 5 nitrogen and oxygen atoms in total. The number of esters is 1. The molecule has 0 fully saturated rings. The lowest BCUT2D eigenvalue weighted by atomic mass is 10.2.